The van der Waals surface area contributed by atoms with E-state index in [9.17, 15) is 9.90 Å². The number of aryl methyl sites for hydroxylation is 1. The molecule has 1 fully saturated rings. The monoisotopic (exact) mass is 258 g/mol. The fourth-order valence-electron chi connectivity index (χ4n) is 3.05. The highest BCUT2D eigenvalue weighted by atomic mass is 16.4. The van der Waals surface area contributed by atoms with Crippen LogP contribution in [-0.2, 0) is 11.2 Å². The van der Waals surface area contributed by atoms with Crippen molar-refractivity contribution in [3.05, 3.63) is 29.6 Å². The summed E-state index contributed by atoms with van der Waals surface area (Å²) in [6, 6.07) is 6.16. The molecule has 1 aliphatic carbocycles. The van der Waals surface area contributed by atoms with Gasteiger partial charge in [0.05, 0.1) is 17.0 Å². The van der Waals surface area contributed by atoms with Crippen molar-refractivity contribution in [3.63, 3.8) is 0 Å². The fraction of sp³-hybridized carbons (Fsp3) is 0.467. The Morgan fingerprint density at radius 2 is 2.21 bits per heavy atom. The standard InChI is InChI=1S/C15H18N2O2/c1-4-8-5-6-9-10(7-8)17-13(16-9)11-12(14(18)19)15(11,2)3/h5-7,11-12H,4H2,1-3H3,(H,16,17)(H,18,19). The number of benzene rings is 1. The van der Waals surface area contributed by atoms with Crippen LogP contribution in [0, 0.1) is 11.3 Å². The van der Waals surface area contributed by atoms with Crippen molar-refractivity contribution >= 4 is 17.0 Å². The molecule has 2 unspecified atom stereocenters. The van der Waals surface area contributed by atoms with Crippen LogP contribution in [0.4, 0.5) is 0 Å². The minimum absolute atomic E-state index is 0.0116. The molecule has 2 aromatic rings. The first kappa shape index (κ1) is 12.2. The molecule has 0 spiro atoms. The van der Waals surface area contributed by atoms with E-state index < -0.39 is 5.97 Å². The minimum atomic E-state index is -0.732. The average molecular weight is 258 g/mol. The van der Waals surface area contributed by atoms with Crippen LogP contribution in [0.2, 0.25) is 0 Å². The first-order valence-corrected chi connectivity index (χ1v) is 6.66. The number of aromatic amines is 1. The number of nitrogens with zero attached hydrogens (tertiary/aromatic N) is 1. The van der Waals surface area contributed by atoms with Gasteiger partial charge >= 0.3 is 5.97 Å². The predicted molar refractivity (Wildman–Crippen MR) is 73.1 cm³/mol. The first-order valence-electron chi connectivity index (χ1n) is 6.66. The summed E-state index contributed by atoms with van der Waals surface area (Å²) in [4.78, 5) is 19.1. The average Bonchev–Trinajstić information content (AvgIpc) is 2.75. The molecule has 4 nitrogen and oxygen atoms in total. The second kappa shape index (κ2) is 3.83. The van der Waals surface area contributed by atoms with Crippen LogP contribution in [0.15, 0.2) is 18.2 Å². The van der Waals surface area contributed by atoms with Crippen LogP contribution >= 0.6 is 0 Å². The van der Waals surface area contributed by atoms with Gasteiger partial charge in [-0.05, 0) is 29.5 Å². The topological polar surface area (TPSA) is 66.0 Å². The molecule has 2 atom stereocenters. The van der Waals surface area contributed by atoms with Crippen molar-refractivity contribution in [1.82, 2.24) is 9.97 Å². The van der Waals surface area contributed by atoms with Crippen LogP contribution in [-0.4, -0.2) is 21.0 Å². The first-order chi connectivity index (χ1) is 8.95. The Bertz CT molecular complexity index is 657. The highest BCUT2D eigenvalue weighted by Gasteiger charge is 2.64. The Morgan fingerprint density at radius 3 is 2.79 bits per heavy atom. The van der Waals surface area contributed by atoms with E-state index in [0.717, 1.165) is 23.3 Å². The number of hydrogen-bond acceptors (Lipinski definition) is 2. The largest absolute Gasteiger partial charge is 0.481 e. The van der Waals surface area contributed by atoms with Gasteiger partial charge in [0.15, 0.2) is 0 Å². The number of carboxylic acid groups (broad SMARTS) is 1. The van der Waals surface area contributed by atoms with Crippen molar-refractivity contribution in [3.8, 4) is 0 Å². The summed E-state index contributed by atoms with van der Waals surface area (Å²) in [6.07, 6.45) is 0.983. The van der Waals surface area contributed by atoms with Crippen molar-refractivity contribution in [2.75, 3.05) is 0 Å². The van der Waals surface area contributed by atoms with Crippen molar-refractivity contribution in [2.24, 2.45) is 11.3 Å². The number of carbonyl (C=O) groups is 1. The zero-order chi connectivity index (χ0) is 13.8. The Morgan fingerprint density at radius 1 is 1.47 bits per heavy atom. The molecule has 1 aromatic carbocycles. The molecule has 3 rings (SSSR count). The molecule has 1 saturated carbocycles. The molecule has 0 bridgehead atoms. The van der Waals surface area contributed by atoms with Crippen LogP contribution in [0.3, 0.4) is 0 Å². The minimum Gasteiger partial charge on any atom is -0.481 e. The number of aromatic nitrogens is 2. The Hall–Kier alpha value is -1.84. The zero-order valence-electron chi connectivity index (χ0n) is 11.4. The van der Waals surface area contributed by atoms with Gasteiger partial charge in [-0.25, -0.2) is 4.98 Å². The summed E-state index contributed by atoms with van der Waals surface area (Å²) in [5.74, 6) is -0.272. The number of carboxylic acids is 1. The van der Waals surface area contributed by atoms with E-state index in [1.54, 1.807) is 0 Å². The third-order valence-corrected chi connectivity index (χ3v) is 4.36. The zero-order valence-corrected chi connectivity index (χ0v) is 11.4. The highest BCUT2D eigenvalue weighted by Crippen LogP contribution is 2.63. The Kier molecular flexibility index (Phi) is 2.46. The number of nitrogens with one attached hydrogen (secondary N) is 1. The van der Waals surface area contributed by atoms with Crippen molar-refractivity contribution in [1.29, 1.82) is 0 Å². The van der Waals surface area contributed by atoms with Gasteiger partial charge in [0.25, 0.3) is 0 Å². The van der Waals surface area contributed by atoms with E-state index in [1.165, 1.54) is 5.56 Å². The lowest BCUT2D eigenvalue weighted by molar-refractivity contribution is -0.139. The summed E-state index contributed by atoms with van der Waals surface area (Å²) >= 11 is 0. The lowest BCUT2D eigenvalue weighted by Crippen LogP contribution is -2.03. The second-order valence-corrected chi connectivity index (χ2v) is 5.94. The summed E-state index contributed by atoms with van der Waals surface area (Å²) in [5, 5.41) is 9.24. The fourth-order valence-corrected chi connectivity index (χ4v) is 3.05. The van der Waals surface area contributed by atoms with Crippen LogP contribution in [0.25, 0.3) is 11.0 Å². The van der Waals surface area contributed by atoms with Crippen molar-refractivity contribution in [2.45, 2.75) is 33.1 Å². The summed E-state index contributed by atoms with van der Waals surface area (Å²) in [7, 11) is 0. The molecule has 0 aliphatic heterocycles. The van der Waals surface area contributed by atoms with Crippen LogP contribution in [0.5, 0.6) is 0 Å². The third kappa shape index (κ3) is 1.74. The van der Waals surface area contributed by atoms with Crippen LogP contribution in [0.1, 0.15) is 38.1 Å². The van der Waals surface area contributed by atoms with Gasteiger partial charge in [-0.15, -0.1) is 0 Å². The second-order valence-electron chi connectivity index (χ2n) is 5.94. The van der Waals surface area contributed by atoms with Gasteiger partial charge in [-0.3, -0.25) is 4.79 Å². The number of imidazole rings is 1. The molecule has 1 aromatic heterocycles. The van der Waals surface area contributed by atoms with Gasteiger partial charge in [0, 0.05) is 5.92 Å². The lowest BCUT2D eigenvalue weighted by Gasteiger charge is -1.97. The molecule has 100 valence electrons. The number of rotatable bonds is 3. The summed E-state index contributed by atoms with van der Waals surface area (Å²) in [6.45, 7) is 6.09. The predicted octanol–water partition coefficient (Wildman–Crippen LogP) is 2.95. The summed E-state index contributed by atoms with van der Waals surface area (Å²) < 4.78 is 0. The maximum atomic E-state index is 11.2. The lowest BCUT2D eigenvalue weighted by atomic mass is 10.1. The maximum Gasteiger partial charge on any atom is 0.307 e. The van der Waals surface area contributed by atoms with Gasteiger partial charge in [-0.1, -0.05) is 26.8 Å². The normalized spacial score (nSPS) is 24.6. The third-order valence-electron chi connectivity index (χ3n) is 4.36. The Balaban J connectivity index is 2.01. The molecule has 0 radical (unpaired) electrons. The molecule has 2 N–H and O–H groups in total. The van der Waals surface area contributed by atoms with Gasteiger partial charge < -0.3 is 10.1 Å². The maximum absolute atomic E-state index is 11.2. The van der Waals surface area contributed by atoms with E-state index in [4.69, 9.17) is 0 Å². The van der Waals surface area contributed by atoms with E-state index in [2.05, 4.69) is 29.0 Å². The Labute approximate surface area is 111 Å². The van der Waals surface area contributed by atoms with Crippen LogP contribution < -0.4 is 0 Å². The number of fused-ring (bicyclic) bond motifs is 1. The molecule has 0 amide bonds. The number of H-pyrrole nitrogens is 1. The molecular formula is C15H18N2O2. The van der Waals surface area contributed by atoms with Gasteiger partial charge in [0.1, 0.15) is 5.82 Å². The van der Waals surface area contributed by atoms with E-state index in [0.29, 0.717) is 0 Å². The van der Waals surface area contributed by atoms with Gasteiger partial charge in [0.2, 0.25) is 0 Å². The smallest absolute Gasteiger partial charge is 0.307 e. The summed E-state index contributed by atoms with van der Waals surface area (Å²) in [5.41, 5.74) is 2.96. The molecule has 0 saturated heterocycles. The quantitative estimate of drug-likeness (QED) is 0.889. The van der Waals surface area contributed by atoms with E-state index in [-0.39, 0.29) is 17.3 Å². The highest BCUT2D eigenvalue weighted by molar-refractivity contribution is 5.79. The molecule has 19 heavy (non-hydrogen) atoms. The molecule has 1 heterocycles. The van der Waals surface area contributed by atoms with Crippen molar-refractivity contribution < 1.29 is 9.90 Å². The van der Waals surface area contributed by atoms with Gasteiger partial charge in [-0.2, -0.15) is 0 Å². The molecule has 1 aliphatic rings. The van der Waals surface area contributed by atoms with E-state index >= 15 is 0 Å². The molecular weight excluding hydrogens is 240 g/mol. The SMILES string of the molecule is CCc1ccc2nc(C3C(C(=O)O)C3(C)C)[nH]c2c1. The van der Waals surface area contributed by atoms with E-state index in [1.807, 2.05) is 19.9 Å². The molecule has 4 heteroatoms. The number of aliphatic carboxylic acids is 1. The number of hydrogen-bond donors (Lipinski definition) is 2.